The lowest BCUT2D eigenvalue weighted by Gasteiger charge is -2.29. The molecule has 2 nitrogen and oxygen atoms in total. The number of hydrogen-bond donors (Lipinski definition) is 0. The highest BCUT2D eigenvalue weighted by atomic mass is 15.2. The molecule has 0 N–H and O–H groups in total. The van der Waals surface area contributed by atoms with Crippen molar-refractivity contribution in [3.8, 4) is 0 Å². The minimum Gasteiger partial charge on any atom is -0.310 e. The summed E-state index contributed by atoms with van der Waals surface area (Å²) in [6.07, 6.45) is 0. The van der Waals surface area contributed by atoms with Crippen LogP contribution in [-0.4, -0.2) is 0 Å². The van der Waals surface area contributed by atoms with Crippen LogP contribution in [0.25, 0.3) is 0 Å². The van der Waals surface area contributed by atoms with E-state index in [0.717, 1.165) is 34.1 Å². The summed E-state index contributed by atoms with van der Waals surface area (Å²) in [4.78, 5) is 4.63. The number of para-hydroxylation sites is 2. The van der Waals surface area contributed by atoms with E-state index < -0.39 is 0 Å². The van der Waals surface area contributed by atoms with Crippen LogP contribution in [-0.2, 0) is 0 Å². The third-order valence-electron chi connectivity index (χ3n) is 5.89. The molecule has 0 heterocycles. The van der Waals surface area contributed by atoms with Crippen molar-refractivity contribution in [2.75, 3.05) is 9.80 Å². The van der Waals surface area contributed by atoms with Crippen molar-refractivity contribution in [1.29, 1.82) is 0 Å². The Morgan fingerprint density at radius 3 is 1.06 bits per heavy atom. The quantitative estimate of drug-likeness (QED) is 0.259. The van der Waals surface area contributed by atoms with Crippen molar-refractivity contribution in [3.63, 3.8) is 0 Å². The topological polar surface area (TPSA) is 6.48 Å². The van der Waals surface area contributed by atoms with Crippen LogP contribution in [0, 0.1) is 13.8 Å². The second-order valence-corrected chi connectivity index (χ2v) is 8.54. The summed E-state index contributed by atoms with van der Waals surface area (Å²) in [5.41, 5.74) is 9.25. The summed E-state index contributed by atoms with van der Waals surface area (Å²) in [5, 5.41) is 0. The van der Waals surface area contributed by atoms with Crippen LogP contribution in [0.15, 0.2) is 133 Å². The third kappa shape index (κ3) is 4.57. The number of hydrogen-bond acceptors (Lipinski definition) is 2. The van der Waals surface area contributed by atoms with E-state index in [-0.39, 0.29) is 0 Å². The molecule has 0 atom stereocenters. The molecule has 5 aromatic carbocycles. The summed E-state index contributed by atoms with van der Waals surface area (Å²) < 4.78 is 0. The van der Waals surface area contributed by atoms with E-state index in [2.05, 4.69) is 157 Å². The van der Waals surface area contributed by atoms with Crippen LogP contribution in [0.3, 0.4) is 0 Å². The molecule has 0 radical (unpaired) electrons. The minimum absolute atomic E-state index is 1.11. The molecule has 0 aliphatic rings. The SMILES string of the molecule is Cc1cccc(N(c2cccc(C)c2)c2cccc(N(c3ccccc3)c3ccccc3)c2)c1. The van der Waals surface area contributed by atoms with Gasteiger partial charge in [0, 0.05) is 34.1 Å². The monoisotopic (exact) mass is 440 g/mol. The first kappa shape index (κ1) is 21.5. The van der Waals surface area contributed by atoms with E-state index >= 15 is 0 Å². The predicted octanol–water partition coefficient (Wildman–Crippen LogP) is 9.24. The molecule has 34 heavy (non-hydrogen) atoms. The molecule has 0 aliphatic carbocycles. The van der Waals surface area contributed by atoms with Gasteiger partial charge in [-0.3, -0.25) is 0 Å². The number of nitrogens with zero attached hydrogens (tertiary/aromatic N) is 2. The molecule has 0 spiro atoms. The molecule has 0 aliphatic heterocycles. The highest BCUT2D eigenvalue weighted by Crippen LogP contribution is 2.40. The molecule has 0 saturated carbocycles. The molecule has 0 unspecified atom stereocenters. The fraction of sp³-hybridized carbons (Fsp3) is 0.0625. The Morgan fingerprint density at radius 1 is 0.324 bits per heavy atom. The van der Waals surface area contributed by atoms with Gasteiger partial charge in [-0.25, -0.2) is 0 Å². The fourth-order valence-corrected chi connectivity index (χ4v) is 4.35. The van der Waals surface area contributed by atoms with E-state index in [4.69, 9.17) is 0 Å². The van der Waals surface area contributed by atoms with Gasteiger partial charge in [0.05, 0.1) is 0 Å². The van der Waals surface area contributed by atoms with Gasteiger partial charge in [-0.2, -0.15) is 0 Å². The summed E-state index contributed by atoms with van der Waals surface area (Å²) in [5.74, 6) is 0. The Bertz CT molecular complexity index is 1290. The van der Waals surface area contributed by atoms with Gasteiger partial charge in [-0.05, 0) is 91.7 Å². The van der Waals surface area contributed by atoms with Gasteiger partial charge in [0.1, 0.15) is 0 Å². The average molecular weight is 441 g/mol. The zero-order valence-electron chi connectivity index (χ0n) is 19.6. The Morgan fingerprint density at radius 2 is 0.647 bits per heavy atom. The van der Waals surface area contributed by atoms with E-state index in [0.29, 0.717) is 0 Å². The lowest BCUT2D eigenvalue weighted by Crippen LogP contribution is -2.13. The molecule has 0 bridgehead atoms. The maximum atomic E-state index is 2.33. The van der Waals surface area contributed by atoms with Gasteiger partial charge in [0.25, 0.3) is 0 Å². The highest BCUT2D eigenvalue weighted by Gasteiger charge is 2.17. The smallest absolute Gasteiger partial charge is 0.0482 e. The molecule has 5 aromatic rings. The maximum Gasteiger partial charge on any atom is 0.0482 e. The van der Waals surface area contributed by atoms with Crippen molar-refractivity contribution >= 4 is 34.1 Å². The Labute approximate surface area is 202 Å². The van der Waals surface area contributed by atoms with Crippen LogP contribution >= 0.6 is 0 Å². The zero-order chi connectivity index (χ0) is 23.3. The van der Waals surface area contributed by atoms with E-state index in [1.807, 2.05) is 0 Å². The van der Waals surface area contributed by atoms with Gasteiger partial charge in [0.2, 0.25) is 0 Å². The van der Waals surface area contributed by atoms with Gasteiger partial charge in [-0.15, -0.1) is 0 Å². The van der Waals surface area contributed by atoms with Gasteiger partial charge in [0.15, 0.2) is 0 Å². The molecule has 5 rings (SSSR count). The largest absolute Gasteiger partial charge is 0.310 e. The van der Waals surface area contributed by atoms with Crippen LogP contribution < -0.4 is 9.80 Å². The Kier molecular flexibility index (Phi) is 6.13. The first-order valence-corrected chi connectivity index (χ1v) is 11.6. The summed E-state index contributed by atoms with van der Waals surface area (Å²) in [7, 11) is 0. The van der Waals surface area contributed by atoms with Crippen LogP contribution in [0.5, 0.6) is 0 Å². The van der Waals surface area contributed by atoms with Crippen molar-refractivity contribution in [3.05, 3.63) is 145 Å². The van der Waals surface area contributed by atoms with Crippen molar-refractivity contribution < 1.29 is 0 Å². The number of anilines is 6. The van der Waals surface area contributed by atoms with E-state index in [9.17, 15) is 0 Å². The van der Waals surface area contributed by atoms with Gasteiger partial charge < -0.3 is 9.80 Å². The normalized spacial score (nSPS) is 10.6. The Hall–Kier alpha value is -4.30. The second-order valence-electron chi connectivity index (χ2n) is 8.54. The summed E-state index contributed by atoms with van der Waals surface area (Å²) >= 11 is 0. The average Bonchev–Trinajstić information content (AvgIpc) is 2.86. The lowest BCUT2D eigenvalue weighted by molar-refractivity contribution is 1.24. The first-order chi connectivity index (χ1) is 16.7. The van der Waals surface area contributed by atoms with Gasteiger partial charge >= 0.3 is 0 Å². The second kappa shape index (κ2) is 9.68. The van der Waals surface area contributed by atoms with Crippen molar-refractivity contribution in [2.45, 2.75) is 13.8 Å². The summed E-state index contributed by atoms with van der Waals surface area (Å²) in [6, 6.07) is 47.2. The predicted molar refractivity (Wildman–Crippen MR) is 145 cm³/mol. The van der Waals surface area contributed by atoms with E-state index in [1.165, 1.54) is 11.1 Å². The van der Waals surface area contributed by atoms with Crippen molar-refractivity contribution in [1.82, 2.24) is 0 Å². The number of rotatable bonds is 6. The zero-order valence-corrected chi connectivity index (χ0v) is 19.6. The van der Waals surface area contributed by atoms with Crippen LogP contribution in [0.1, 0.15) is 11.1 Å². The van der Waals surface area contributed by atoms with E-state index in [1.54, 1.807) is 0 Å². The summed E-state index contributed by atoms with van der Waals surface area (Å²) in [6.45, 7) is 4.28. The molecule has 166 valence electrons. The van der Waals surface area contributed by atoms with Crippen molar-refractivity contribution in [2.24, 2.45) is 0 Å². The number of benzene rings is 5. The highest BCUT2D eigenvalue weighted by molar-refractivity contribution is 5.83. The molecule has 0 amide bonds. The molecular weight excluding hydrogens is 412 g/mol. The standard InChI is InChI=1S/C32H28N2/c1-25-12-9-18-29(22-25)34(30-19-10-13-26(2)23-30)32-21-11-20-31(24-32)33(27-14-5-3-6-15-27)28-16-7-4-8-17-28/h3-24H,1-2H3. The van der Waals surface area contributed by atoms with Crippen LogP contribution in [0.4, 0.5) is 34.1 Å². The third-order valence-corrected chi connectivity index (χ3v) is 5.89. The lowest BCUT2D eigenvalue weighted by atomic mass is 10.1. The molecular formula is C32H28N2. The molecule has 2 heteroatoms. The van der Waals surface area contributed by atoms with Crippen LogP contribution in [0.2, 0.25) is 0 Å². The molecule has 0 aromatic heterocycles. The van der Waals surface area contributed by atoms with Gasteiger partial charge in [-0.1, -0.05) is 66.7 Å². The minimum atomic E-state index is 1.11. The molecule has 0 fully saturated rings. The Balaban J connectivity index is 1.67. The maximum absolute atomic E-state index is 2.33. The number of aryl methyl sites for hydroxylation is 2. The first-order valence-electron chi connectivity index (χ1n) is 11.6. The fourth-order valence-electron chi connectivity index (χ4n) is 4.35. The molecule has 0 saturated heterocycles.